The Labute approximate surface area is 227 Å². The zero-order valence-electron chi connectivity index (χ0n) is 22.0. The van der Waals surface area contributed by atoms with Crippen molar-refractivity contribution in [3.8, 4) is 11.5 Å². The van der Waals surface area contributed by atoms with Crippen molar-refractivity contribution < 1.29 is 63.8 Å². The van der Waals surface area contributed by atoms with Crippen molar-refractivity contribution in [2.45, 2.75) is 100 Å². The highest BCUT2D eigenvalue weighted by Crippen LogP contribution is 2.46. The van der Waals surface area contributed by atoms with Crippen LogP contribution in [0.15, 0.2) is 27.4 Å². The molecular weight excluding hydrogens is 536 g/mol. The second-order valence-corrected chi connectivity index (χ2v) is 11.0. The molecule has 0 bridgehead atoms. The molecule has 0 aliphatic carbocycles. The minimum absolute atomic E-state index is 0.0212. The molecule has 0 spiro atoms. The minimum atomic E-state index is -1.77. The zero-order valence-corrected chi connectivity index (χ0v) is 22.0. The van der Waals surface area contributed by atoms with Crippen molar-refractivity contribution >= 4 is 11.0 Å². The van der Waals surface area contributed by atoms with Gasteiger partial charge < -0.3 is 63.8 Å². The third-order valence-corrected chi connectivity index (χ3v) is 7.49. The molecule has 2 saturated heterocycles. The SMILES string of the molecule is CC1OC(OCC2OC(Oc3c4c(cc5ccc(=O)oc35)CC(C(C)(C)O)O4)C(O)C(O)C2O)C(O)C(O)C1O. The highest BCUT2D eigenvalue weighted by molar-refractivity contribution is 5.87. The summed E-state index contributed by atoms with van der Waals surface area (Å²) in [4.78, 5) is 12.1. The van der Waals surface area contributed by atoms with E-state index in [-0.39, 0.29) is 17.1 Å². The van der Waals surface area contributed by atoms with E-state index in [0.717, 1.165) is 0 Å². The number of ether oxygens (including phenoxy) is 5. The van der Waals surface area contributed by atoms with Gasteiger partial charge in [-0.25, -0.2) is 4.79 Å². The highest BCUT2D eigenvalue weighted by Gasteiger charge is 2.48. The summed E-state index contributed by atoms with van der Waals surface area (Å²) >= 11 is 0. The van der Waals surface area contributed by atoms with E-state index in [2.05, 4.69) is 0 Å². The average Bonchev–Trinajstić information content (AvgIpc) is 3.34. The quantitative estimate of drug-likeness (QED) is 0.185. The molecule has 5 rings (SSSR count). The Hall–Kier alpha value is -2.37. The Kier molecular flexibility index (Phi) is 7.86. The van der Waals surface area contributed by atoms with Crippen molar-refractivity contribution in [2.75, 3.05) is 6.61 Å². The predicted octanol–water partition coefficient (Wildman–Crippen LogP) is -2.10. The first-order chi connectivity index (χ1) is 18.8. The summed E-state index contributed by atoms with van der Waals surface area (Å²) in [5.74, 6) is 0.0414. The Morgan fingerprint density at radius 1 is 0.925 bits per heavy atom. The molecule has 14 heteroatoms. The normalized spacial score (nSPS) is 38.2. The standard InChI is InChI=1S/C26H34O14/c1-9-15(28)17(30)19(32)24(36-9)35-8-12-16(29)18(31)20(33)25(37-12)40-23-21-10(4-5-14(27)39-21)6-11-7-13(26(2,3)34)38-22(11)23/h4-6,9,12-13,15-20,24-25,28-34H,7-8H2,1-3H3. The molecule has 0 radical (unpaired) electrons. The largest absolute Gasteiger partial charge is 0.483 e. The van der Waals surface area contributed by atoms with Gasteiger partial charge in [-0.1, -0.05) is 0 Å². The number of benzene rings is 1. The lowest BCUT2D eigenvalue weighted by Crippen LogP contribution is -2.61. The van der Waals surface area contributed by atoms with Crippen LogP contribution in [0.3, 0.4) is 0 Å². The van der Waals surface area contributed by atoms with Gasteiger partial charge in [0.25, 0.3) is 0 Å². The number of hydrogen-bond acceptors (Lipinski definition) is 14. The Morgan fingerprint density at radius 2 is 1.60 bits per heavy atom. The summed E-state index contributed by atoms with van der Waals surface area (Å²) in [6, 6.07) is 4.46. The fraction of sp³-hybridized carbons (Fsp3) is 0.654. The van der Waals surface area contributed by atoms with Crippen LogP contribution < -0.4 is 15.1 Å². The summed E-state index contributed by atoms with van der Waals surface area (Å²) in [6.45, 7) is 4.14. The van der Waals surface area contributed by atoms with Crippen LogP contribution in [0, 0.1) is 0 Å². The first-order valence-corrected chi connectivity index (χ1v) is 12.9. The summed E-state index contributed by atoms with van der Waals surface area (Å²) in [7, 11) is 0. The monoisotopic (exact) mass is 570 g/mol. The van der Waals surface area contributed by atoms with Crippen LogP contribution in [0.25, 0.3) is 11.0 Å². The fourth-order valence-electron chi connectivity index (χ4n) is 4.99. The van der Waals surface area contributed by atoms with Crippen LogP contribution in [0.2, 0.25) is 0 Å². The summed E-state index contributed by atoms with van der Waals surface area (Å²) < 4.78 is 33.9. The molecule has 14 nitrogen and oxygen atoms in total. The summed E-state index contributed by atoms with van der Waals surface area (Å²) in [6.07, 6.45) is -15.3. The highest BCUT2D eigenvalue weighted by atomic mass is 16.7. The number of aliphatic hydroxyl groups excluding tert-OH is 6. The molecule has 4 heterocycles. The van der Waals surface area contributed by atoms with Crippen LogP contribution in [0.4, 0.5) is 0 Å². The second kappa shape index (κ2) is 10.8. The molecule has 2 aromatic rings. The van der Waals surface area contributed by atoms with E-state index in [1.54, 1.807) is 19.9 Å². The van der Waals surface area contributed by atoms with Gasteiger partial charge in [-0.3, -0.25) is 0 Å². The van der Waals surface area contributed by atoms with Crippen LogP contribution in [0.1, 0.15) is 26.3 Å². The average molecular weight is 571 g/mol. The first kappa shape index (κ1) is 29.1. The van der Waals surface area contributed by atoms with Crippen LogP contribution >= 0.6 is 0 Å². The molecule has 3 aliphatic heterocycles. The second-order valence-electron chi connectivity index (χ2n) is 11.0. The van der Waals surface area contributed by atoms with Crippen molar-refractivity contribution in [1.29, 1.82) is 0 Å². The van der Waals surface area contributed by atoms with Gasteiger partial charge in [0.05, 0.1) is 18.3 Å². The van der Waals surface area contributed by atoms with E-state index in [4.69, 9.17) is 28.1 Å². The summed E-state index contributed by atoms with van der Waals surface area (Å²) in [5, 5.41) is 72.9. The lowest BCUT2D eigenvalue weighted by molar-refractivity contribution is -0.318. The first-order valence-electron chi connectivity index (χ1n) is 12.9. The fourth-order valence-corrected chi connectivity index (χ4v) is 4.99. The molecule has 222 valence electrons. The van der Waals surface area contributed by atoms with Gasteiger partial charge in [-0.2, -0.15) is 0 Å². The predicted molar refractivity (Wildman–Crippen MR) is 133 cm³/mol. The van der Waals surface area contributed by atoms with E-state index in [1.165, 1.54) is 19.1 Å². The molecule has 0 amide bonds. The Bertz CT molecular complexity index is 1270. The molecule has 40 heavy (non-hydrogen) atoms. The van der Waals surface area contributed by atoms with Gasteiger partial charge >= 0.3 is 5.63 Å². The van der Waals surface area contributed by atoms with E-state index >= 15 is 0 Å². The van der Waals surface area contributed by atoms with Gasteiger partial charge in [-0.15, -0.1) is 0 Å². The lowest BCUT2D eigenvalue weighted by atomic mass is 9.96. The van der Waals surface area contributed by atoms with E-state index in [9.17, 15) is 40.5 Å². The van der Waals surface area contributed by atoms with Gasteiger partial charge in [0.15, 0.2) is 17.6 Å². The van der Waals surface area contributed by atoms with E-state index in [1.807, 2.05) is 0 Å². The number of aliphatic hydroxyl groups is 7. The van der Waals surface area contributed by atoms with Crippen molar-refractivity contribution in [3.05, 3.63) is 34.2 Å². The maximum Gasteiger partial charge on any atom is 0.336 e. The molecule has 0 saturated carbocycles. The maximum absolute atomic E-state index is 12.1. The topological polar surface area (TPSA) is 218 Å². The Morgan fingerprint density at radius 3 is 2.30 bits per heavy atom. The van der Waals surface area contributed by atoms with E-state index in [0.29, 0.717) is 17.4 Å². The van der Waals surface area contributed by atoms with Crippen LogP contribution in [-0.2, 0) is 20.6 Å². The third-order valence-electron chi connectivity index (χ3n) is 7.49. The molecule has 7 N–H and O–H groups in total. The van der Waals surface area contributed by atoms with Crippen LogP contribution in [0.5, 0.6) is 11.5 Å². The number of fused-ring (bicyclic) bond motifs is 2. The van der Waals surface area contributed by atoms with Gasteiger partial charge in [0, 0.05) is 23.4 Å². The number of rotatable bonds is 6. The smallest absolute Gasteiger partial charge is 0.336 e. The molecule has 3 aliphatic rings. The van der Waals surface area contributed by atoms with Crippen molar-refractivity contribution in [3.63, 3.8) is 0 Å². The van der Waals surface area contributed by atoms with Crippen molar-refractivity contribution in [2.24, 2.45) is 0 Å². The van der Waals surface area contributed by atoms with Gasteiger partial charge in [-0.05, 0) is 32.9 Å². The maximum atomic E-state index is 12.1. The zero-order chi connectivity index (χ0) is 29.1. The molecule has 1 aromatic carbocycles. The summed E-state index contributed by atoms with van der Waals surface area (Å²) in [5.41, 5.74) is -1.31. The number of hydrogen-bond donors (Lipinski definition) is 7. The molecule has 2 fully saturated rings. The van der Waals surface area contributed by atoms with Crippen LogP contribution in [-0.4, -0.2) is 115 Å². The molecule has 1 aromatic heterocycles. The van der Waals surface area contributed by atoms with Gasteiger partial charge in [0.2, 0.25) is 12.0 Å². The third kappa shape index (κ3) is 5.32. The molecule has 11 unspecified atom stereocenters. The van der Waals surface area contributed by atoms with Crippen molar-refractivity contribution in [1.82, 2.24) is 0 Å². The molecule has 11 atom stereocenters. The van der Waals surface area contributed by atoms with Gasteiger partial charge in [0.1, 0.15) is 48.8 Å². The molecular formula is C26H34O14. The minimum Gasteiger partial charge on any atom is -0.483 e. The van der Waals surface area contributed by atoms with E-state index < -0.39 is 85.3 Å². The lowest BCUT2D eigenvalue weighted by Gasteiger charge is -2.42. The Balaban J connectivity index is 1.40.